The zero-order chi connectivity index (χ0) is 18.5. The van der Waals surface area contributed by atoms with Gasteiger partial charge < -0.3 is 14.5 Å². The van der Waals surface area contributed by atoms with Crippen LogP contribution in [0.2, 0.25) is 0 Å². The van der Waals surface area contributed by atoms with Gasteiger partial charge in [0.1, 0.15) is 11.5 Å². The molecule has 1 atom stereocenters. The van der Waals surface area contributed by atoms with E-state index in [2.05, 4.69) is 36.6 Å². The Balaban J connectivity index is 1.38. The van der Waals surface area contributed by atoms with Gasteiger partial charge in [0.15, 0.2) is 10.8 Å². The van der Waals surface area contributed by atoms with Crippen molar-refractivity contribution in [1.29, 1.82) is 0 Å². The van der Waals surface area contributed by atoms with E-state index in [0.29, 0.717) is 12.4 Å². The van der Waals surface area contributed by atoms with Crippen LogP contribution in [0.15, 0.2) is 40.4 Å². The second-order valence-electron chi connectivity index (χ2n) is 6.46. The van der Waals surface area contributed by atoms with Crippen LogP contribution in [0.1, 0.15) is 23.3 Å². The quantitative estimate of drug-likeness (QED) is 0.670. The predicted molar refractivity (Wildman–Crippen MR) is 103 cm³/mol. The zero-order valence-corrected chi connectivity index (χ0v) is 16.1. The predicted octanol–water partition coefficient (Wildman–Crippen LogP) is 2.66. The molecule has 0 radical (unpaired) electrons. The fourth-order valence-corrected chi connectivity index (χ4v) is 3.93. The maximum absolute atomic E-state index is 5.91. The normalized spacial score (nSPS) is 16.5. The Kier molecular flexibility index (Phi) is 5.88. The summed E-state index contributed by atoms with van der Waals surface area (Å²) in [6, 6.07) is 6.10. The van der Waals surface area contributed by atoms with E-state index < -0.39 is 0 Å². The first-order chi connectivity index (χ1) is 13.3. The molecule has 4 rings (SSSR count). The lowest BCUT2D eigenvalue weighted by molar-refractivity contribution is 0.0115. The van der Waals surface area contributed by atoms with Gasteiger partial charge in [-0.3, -0.25) is 4.90 Å². The van der Waals surface area contributed by atoms with E-state index in [1.165, 1.54) is 0 Å². The van der Waals surface area contributed by atoms with Gasteiger partial charge in [0.25, 0.3) is 0 Å². The fraction of sp³-hybridized carbons (Fsp3) is 0.421. The topological polar surface area (TPSA) is 76.3 Å². The van der Waals surface area contributed by atoms with Crippen molar-refractivity contribution in [3.05, 3.63) is 53.2 Å². The lowest BCUT2D eigenvalue weighted by Gasteiger charge is -2.33. The van der Waals surface area contributed by atoms with E-state index in [9.17, 15) is 0 Å². The minimum Gasteiger partial charge on any atom is -0.465 e. The summed E-state index contributed by atoms with van der Waals surface area (Å²) in [6.45, 7) is 6.84. The van der Waals surface area contributed by atoms with E-state index >= 15 is 0 Å². The molecule has 7 nitrogen and oxygen atoms in total. The fourth-order valence-electron chi connectivity index (χ4n) is 3.17. The summed E-state index contributed by atoms with van der Waals surface area (Å²) in [5, 5.41) is 6.43. The largest absolute Gasteiger partial charge is 0.465 e. The van der Waals surface area contributed by atoms with Crippen LogP contribution in [-0.2, 0) is 11.3 Å². The number of rotatable bonds is 7. The maximum Gasteiger partial charge on any atom is 0.188 e. The van der Waals surface area contributed by atoms with Crippen molar-refractivity contribution in [2.24, 2.45) is 0 Å². The molecule has 8 heteroatoms. The molecule has 27 heavy (non-hydrogen) atoms. The Hall–Kier alpha value is -2.13. The zero-order valence-electron chi connectivity index (χ0n) is 15.3. The molecule has 0 spiro atoms. The number of nitrogens with one attached hydrogen (secondary N) is 1. The molecule has 1 aliphatic rings. The number of aromatic nitrogens is 3. The van der Waals surface area contributed by atoms with Crippen LogP contribution >= 0.6 is 11.3 Å². The Morgan fingerprint density at radius 3 is 2.78 bits per heavy atom. The van der Waals surface area contributed by atoms with E-state index in [0.717, 1.165) is 55.1 Å². The van der Waals surface area contributed by atoms with Gasteiger partial charge in [-0.25, -0.2) is 15.0 Å². The van der Waals surface area contributed by atoms with Crippen molar-refractivity contribution in [1.82, 2.24) is 25.2 Å². The van der Waals surface area contributed by atoms with Crippen LogP contribution in [0.25, 0.3) is 10.8 Å². The smallest absolute Gasteiger partial charge is 0.188 e. The number of furan rings is 1. The van der Waals surface area contributed by atoms with Crippen LogP contribution in [0, 0.1) is 6.92 Å². The summed E-state index contributed by atoms with van der Waals surface area (Å²) in [7, 11) is 0. The minimum atomic E-state index is 0.193. The third-order valence-electron chi connectivity index (χ3n) is 4.53. The van der Waals surface area contributed by atoms with Crippen LogP contribution in [0.5, 0.6) is 0 Å². The molecule has 0 saturated carbocycles. The van der Waals surface area contributed by atoms with E-state index in [1.807, 2.05) is 19.1 Å². The average Bonchev–Trinajstić information content (AvgIpc) is 3.36. The van der Waals surface area contributed by atoms with E-state index in [1.54, 1.807) is 23.7 Å². The van der Waals surface area contributed by atoms with Gasteiger partial charge in [0, 0.05) is 44.0 Å². The molecule has 1 aliphatic heterocycles. The first-order valence-electron chi connectivity index (χ1n) is 9.10. The molecular weight excluding hydrogens is 362 g/mol. The Labute approximate surface area is 162 Å². The van der Waals surface area contributed by atoms with Crippen molar-refractivity contribution in [2.75, 3.05) is 32.8 Å². The molecule has 0 amide bonds. The summed E-state index contributed by atoms with van der Waals surface area (Å²) in [4.78, 5) is 15.6. The lowest BCUT2D eigenvalue weighted by Crippen LogP contribution is -2.42. The first kappa shape index (κ1) is 18.2. The van der Waals surface area contributed by atoms with Crippen LogP contribution < -0.4 is 5.32 Å². The van der Waals surface area contributed by atoms with Crippen molar-refractivity contribution in [3.63, 3.8) is 0 Å². The van der Waals surface area contributed by atoms with Crippen LogP contribution in [-0.4, -0.2) is 52.7 Å². The molecule has 3 aromatic heterocycles. The van der Waals surface area contributed by atoms with Crippen LogP contribution in [0.3, 0.4) is 0 Å². The Morgan fingerprint density at radius 1 is 1.22 bits per heavy atom. The highest BCUT2D eigenvalue weighted by Gasteiger charge is 2.25. The summed E-state index contributed by atoms with van der Waals surface area (Å²) in [5.74, 6) is 2.61. The number of morpholine rings is 1. The van der Waals surface area contributed by atoms with E-state index in [-0.39, 0.29) is 6.04 Å². The molecule has 142 valence electrons. The van der Waals surface area contributed by atoms with E-state index in [4.69, 9.17) is 9.15 Å². The Bertz CT molecular complexity index is 845. The average molecular weight is 385 g/mol. The van der Waals surface area contributed by atoms with Gasteiger partial charge in [0.2, 0.25) is 0 Å². The SMILES string of the molecule is Cc1ccc(C(CNCc2csc(-c3ncccn3)n2)N2CCOCC2)o1. The van der Waals surface area contributed by atoms with Crippen molar-refractivity contribution < 1.29 is 9.15 Å². The molecule has 0 bridgehead atoms. The number of thiazole rings is 1. The number of ether oxygens (including phenoxy) is 1. The molecule has 1 N–H and O–H groups in total. The number of hydrogen-bond donors (Lipinski definition) is 1. The molecule has 0 aromatic carbocycles. The summed E-state index contributed by atoms with van der Waals surface area (Å²) < 4.78 is 11.4. The molecule has 0 aliphatic carbocycles. The molecule has 1 unspecified atom stereocenters. The lowest BCUT2D eigenvalue weighted by atomic mass is 10.1. The summed E-state index contributed by atoms with van der Waals surface area (Å²) in [5.41, 5.74) is 0.999. The minimum absolute atomic E-state index is 0.193. The second kappa shape index (κ2) is 8.71. The molecule has 1 saturated heterocycles. The molecule has 4 heterocycles. The monoisotopic (exact) mass is 385 g/mol. The van der Waals surface area contributed by atoms with Crippen molar-refractivity contribution in [2.45, 2.75) is 19.5 Å². The van der Waals surface area contributed by atoms with Gasteiger partial charge in [-0.2, -0.15) is 0 Å². The Morgan fingerprint density at radius 2 is 2.04 bits per heavy atom. The third kappa shape index (κ3) is 4.59. The van der Waals surface area contributed by atoms with Gasteiger partial charge in [-0.15, -0.1) is 11.3 Å². The number of hydrogen-bond acceptors (Lipinski definition) is 8. The summed E-state index contributed by atoms with van der Waals surface area (Å²) >= 11 is 1.57. The standard InChI is InChI=1S/C19H23N5O2S/c1-14-3-4-17(26-14)16(24-7-9-25-10-8-24)12-20-11-15-13-27-19(23-15)18-21-5-2-6-22-18/h2-6,13,16,20H,7-12H2,1H3. The third-order valence-corrected chi connectivity index (χ3v) is 5.42. The highest BCUT2D eigenvalue weighted by Crippen LogP contribution is 2.24. The van der Waals surface area contributed by atoms with Crippen molar-refractivity contribution in [3.8, 4) is 10.8 Å². The first-order valence-corrected chi connectivity index (χ1v) is 9.98. The maximum atomic E-state index is 5.91. The number of nitrogens with zero attached hydrogens (tertiary/aromatic N) is 4. The van der Waals surface area contributed by atoms with Crippen LogP contribution in [0.4, 0.5) is 0 Å². The molecule has 1 fully saturated rings. The van der Waals surface area contributed by atoms with Gasteiger partial charge in [-0.1, -0.05) is 0 Å². The molecule has 3 aromatic rings. The number of aryl methyl sites for hydroxylation is 1. The van der Waals surface area contributed by atoms with Gasteiger partial charge >= 0.3 is 0 Å². The highest BCUT2D eigenvalue weighted by molar-refractivity contribution is 7.13. The van der Waals surface area contributed by atoms with Gasteiger partial charge in [-0.05, 0) is 25.1 Å². The molecular formula is C19H23N5O2S. The highest BCUT2D eigenvalue weighted by atomic mass is 32.1. The second-order valence-corrected chi connectivity index (χ2v) is 7.32. The van der Waals surface area contributed by atoms with Gasteiger partial charge in [0.05, 0.1) is 24.9 Å². The van der Waals surface area contributed by atoms with Crippen molar-refractivity contribution >= 4 is 11.3 Å². The summed E-state index contributed by atoms with van der Waals surface area (Å²) in [6.07, 6.45) is 3.47.